The molecular formula is C17H32N2O. The Morgan fingerprint density at radius 3 is 2.55 bits per heavy atom. The highest BCUT2D eigenvalue weighted by atomic mass is 16.5. The Balaban J connectivity index is 2.20. The summed E-state index contributed by atoms with van der Waals surface area (Å²) in [5.74, 6) is 0. The SMILES string of the molecule is CCNC(C1=COCCC1)C(C)(CC)N1CCCCC1. The van der Waals surface area contributed by atoms with E-state index in [1.165, 1.54) is 50.8 Å². The van der Waals surface area contributed by atoms with E-state index in [0.717, 1.165) is 19.6 Å². The van der Waals surface area contributed by atoms with Crippen LogP contribution in [0.3, 0.4) is 0 Å². The first-order chi connectivity index (χ1) is 9.72. The van der Waals surface area contributed by atoms with Crippen LogP contribution in [0.15, 0.2) is 11.8 Å². The summed E-state index contributed by atoms with van der Waals surface area (Å²) in [4.78, 5) is 2.72. The predicted molar refractivity (Wildman–Crippen MR) is 84.9 cm³/mol. The van der Waals surface area contributed by atoms with Gasteiger partial charge in [-0.2, -0.15) is 0 Å². The average Bonchev–Trinajstić information content (AvgIpc) is 2.53. The lowest BCUT2D eigenvalue weighted by Crippen LogP contribution is -2.61. The summed E-state index contributed by atoms with van der Waals surface area (Å²) in [5, 5.41) is 3.75. The lowest BCUT2D eigenvalue weighted by Gasteiger charge is -2.49. The van der Waals surface area contributed by atoms with E-state index in [1.807, 2.05) is 6.26 Å². The summed E-state index contributed by atoms with van der Waals surface area (Å²) in [6.45, 7) is 11.4. The molecule has 2 aliphatic rings. The third-order valence-electron chi connectivity index (χ3n) is 5.16. The molecule has 2 atom stereocenters. The van der Waals surface area contributed by atoms with Gasteiger partial charge in [-0.1, -0.05) is 20.3 Å². The van der Waals surface area contributed by atoms with Crippen LogP contribution in [0.5, 0.6) is 0 Å². The van der Waals surface area contributed by atoms with Crippen molar-refractivity contribution in [3.63, 3.8) is 0 Å². The molecule has 0 radical (unpaired) electrons. The van der Waals surface area contributed by atoms with Crippen molar-refractivity contribution in [2.24, 2.45) is 0 Å². The Morgan fingerprint density at radius 1 is 1.25 bits per heavy atom. The van der Waals surface area contributed by atoms with Crippen molar-refractivity contribution in [2.45, 2.75) is 70.9 Å². The van der Waals surface area contributed by atoms with Crippen molar-refractivity contribution in [1.82, 2.24) is 10.2 Å². The molecule has 0 spiro atoms. The van der Waals surface area contributed by atoms with Crippen LogP contribution >= 0.6 is 0 Å². The number of nitrogens with one attached hydrogen (secondary N) is 1. The maximum Gasteiger partial charge on any atom is 0.0876 e. The minimum Gasteiger partial charge on any atom is -0.501 e. The van der Waals surface area contributed by atoms with E-state index in [4.69, 9.17) is 4.74 Å². The zero-order valence-corrected chi connectivity index (χ0v) is 13.6. The second-order valence-corrected chi connectivity index (χ2v) is 6.42. The molecule has 0 aromatic carbocycles. The standard InChI is InChI=1S/C17H32N2O/c1-4-17(3,19-11-7-6-8-12-19)16(18-5-2)15-10-9-13-20-14-15/h14,16,18H,4-13H2,1-3H3. The second-order valence-electron chi connectivity index (χ2n) is 6.42. The van der Waals surface area contributed by atoms with Crippen molar-refractivity contribution >= 4 is 0 Å². The highest BCUT2D eigenvalue weighted by Gasteiger charge is 2.40. The fourth-order valence-electron chi connectivity index (χ4n) is 3.77. The number of hydrogen-bond acceptors (Lipinski definition) is 3. The van der Waals surface area contributed by atoms with Gasteiger partial charge in [0.15, 0.2) is 0 Å². The van der Waals surface area contributed by atoms with E-state index in [-0.39, 0.29) is 5.54 Å². The molecule has 2 heterocycles. The molecule has 2 rings (SSSR count). The fourth-order valence-corrected chi connectivity index (χ4v) is 3.77. The molecule has 3 heteroatoms. The van der Waals surface area contributed by atoms with Crippen LogP contribution in [0.25, 0.3) is 0 Å². The Labute approximate surface area is 124 Å². The van der Waals surface area contributed by atoms with Crippen LogP contribution < -0.4 is 5.32 Å². The summed E-state index contributed by atoms with van der Waals surface area (Å²) in [6, 6.07) is 0.427. The van der Waals surface area contributed by atoms with Crippen molar-refractivity contribution < 1.29 is 4.74 Å². The van der Waals surface area contributed by atoms with Crippen molar-refractivity contribution in [3.8, 4) is 0 Å². The topological polar surface area (TPSA) is 24.5 Å². The zero-order valence-electron chi connectivity index (χ0n) is 13.6. The van der Waals surface area contributed by atoms with Gasteiger partial charge in [-0.3, -0.25) is 4.90 Å². The lowest BCUT2D eigenvalue weighted by atomic mass is 9.80. The van der Waals surface area contributed by atoms with Crippen molar-refractivity contribution in [2.75, 3.05) is 26.2 Å². The van der Waals surface area contributed by atoms with Gasteiger partial charge in [-0.25, -0.2) is 0 Å². The monoisotopic (exact) mass is 280 g/mol. The maximum atomic E-state index is 5.62. The van der Waals surface area contributed by atoms with Gasteiger partial charge in [0.25, 0.3) is 0 Å². The summed E-state index contributed by atoms with van der Waals surface area (Å²) < 4.78 is 5.62. The lowest BCUT2D eigenvalue weighted by molar-refractivity contribution is 0.0498. The highest BCUT2D eigenvalue weighted by Crippen LogP contribution is 2.33. The van der Waals surface area contributed by atoms with Crippen molar-refractivity contribution in [1.29, 1.82) is 0 Å². The Bertz CT molecular complexity index is 323. The van der Waals surface area contributed by atoms with Crippen LogP contribution in [0, 0.1) is 0 Å². The second kappa shape index (κ2) is 7.46. The number of hydrogen-bond donors (Lipinski definition) is 1. The maximum absolute atomic E-state index is 5.62. The van der Waals surface area contributed by atoms with Crippen LogP contribution in [-0.4, -0.2) is 42.7 Å². The third kappa shape index (κ3) is 3.37. The van der Waals surface area contributed by atoms with E-state index in [9.17, 15) is 0 Å². The molecule has 2 aliphatic heterocycles. The number of ether oxygens (including phenoxy) is 1. The van der Waals surface area contributed by atoms with Gasteiger partial charge in [0, 0.05) is 11.6 Å². The van der Waals surface area contributed by atoms with Gasteiger partial charge in [0.05, 0.1) is 12.9 Å². The molecule has 0 saturated carbocycles. The average molecular weight is 280 g/mol. The molecule has 3 nitrogen and oxygen atoms in total. The summed E-state index contributed by atoms with van der Waals surface area (Å²) >= 11 is 0. The minimum absolute atomic E-state index is 0.211. The van der Waals surface area contributed by atoms with Gasteiger partial charge < -0.3 is 10.1 Å². The molecule has 1 N–H and O–H groups in total. The molecule has 1 fully saturated rings. The fraction of sp³-hybridized carbons (Fsp3) is 0.882. The Morgan fingerprint density at radius 2 is 2.00 bits per heavy atom. The molecule has 1 saturated heterocycles. The predicted octanol–water partition coefficient (Wildman–Crippen LogP) is 3.31. The molecule has 0 amide bonds. The van der Waals surface area contributed by atoms with E-state index >= 15 is 0 Å². The highest BCUT2D eigenvalue weighted by molar-refractivity contribution is 5.18. The van der Waals surface area contributed by atoms with Gasteiger partial charge in [-0.05, 0) is 64.2 Å². The van der Waals surface area contributed by atoms with E-state index < -0.39 is 0 Å². The molecular weight excluding hydrogens is 248 g/mol. The number of likely N-dealkylation sites (N-methyl/N-ethyl adjacent to an activating group) is 1. The van der Waals surface area contributed by atoms with E-state index in [0.29, 0.717) is 6.04 Å². The first kappa shape index (κ1) is 15.8. The van der Waals surface area contributed by atoms with E-state index in [1.54, 1.807) is 0 Å². The summed E-state index contributed by atoms with van der Waals surface area (Å²) in [5.41, 5.74) is 1.68. The largest absolute Gasteiger partial charge is 0.501 e. The normalized spacial score (nSPS) is 25.4. The van der Waals surface area contributed by atoms with Crippen LogP contribution in [-0.2, 0) is 4.74 Å². The summed E-state index contributed by atoms with van der Waals surface area (Å²) in [7, 11) is 0. The van der Waals surface area contributed by atoms with Crippen LogP contribution in [0.1, 0.15) is 59.3 Å². The van der Waals surface area contributed by atoms with Crippen LogP contribution in [0.2, 0.25) is 0 Å². The van der Waals surface area contributed by atoms with Crippen LogP contribution in [0.4, 0.5) is 0 Å². The Kier molecular flexibility index (Phi) is 5.91. The first-order valence-electron chi connectivity index (χ1n) is 8.51. The number of piperidine rings is 1. The number of nitrogens with zero attached hydrogens (tertiary/aromatic N) is 1. The third-order valence-corrected chi connectivity index (χ3v) is 5.16. The molecule has 0 aliphatic carbocycles. The minimum atomic E-state index is 0.211. The molecule has 116 valence electrons. The van der Waals surface area contributed by atoms with Crippen molar-refractivity contribution in [3.05, 3.63) is 11.8 Å². The van der Waals surface area contributed by atoms with Gasteiger partial charge in [0.1, 0.15) is 0 Å². The van der Waals surface area contributed by atoms with Gasteiger partial charge >= 0.3 is 0 Å². The molecule has 0 aromatic rings. The smallest absolute Gasteiger partial charge is 0.0876 e. The number of likely N-dealkylation sites (tertiary alicyclic amines) is 1. The number of rotatable bonds is 6. The van der Waals surface area contributed by atoms with Gasteiger partial charge in [0.2, 0.25) is 0 Å². The molecule has 2 unspecified atom stereocenters. The Hall–Kier alpha value is -0.540. The van der Waals surface area contributed by atoms with Gasteiger partial charge in [-0.15, -0.1) is 0 Å². The first-order valence-corrected chi connectivity index (χ1v) is 8.51. The molecule has 0 bridgehead atoms. The molecule has 20 heavy (non-hydrogen) atoms. The summed E-state index contributed by atoms with van der Waals surface area (Å²) in [6.07, 6.45) is 9.66. The molecule has 0 aromatic heterocycles. The quantitative estimate of drug-likeness (QED) is 0.808. The zero-order chi connectivity index (χ0) is 14.4. The van der Waals surface area contributed by atoms with E-state index in [2.05, 4.69) is 31.0 Å².